The molecule has 1 aromatic carbocycles. The second-order valence-electron chi connectivity index (χ2n) is 7.28. The molecule has 0 atom stereocenters. The van der Waals surface area contributed by atoms with Crippen molar-refractivity contribution in [3.63, 3.8) is 0 Å². The van der Waals surface area contributed by atoms with Gasteiger partial charge in [-0.25, -0.2) is 4.39 Å². The molecule has 2 amide bonds. The molecule has 1 aromatic rings. The zero-order valence-electron chi connectivity index (χ0n) is 15.5. The predicted octanol–water partition coefficient (Wildman–Crippen LogP) is 2.66. The Bertz CT molecular complexity index is 620. The Kier molecular flexibility index (Phi) is 6.12. The van der Waals surface area contributed by atoms with Gasteiger partial charge in [0, 0.05) is 44.8 Å². The van der Waals surface area contributed by atoms with Crippen molar-refractivity contribution in [1.82, 2.24) is 9.80 Å². The maximum Gasteiger partial charge on any atom is 0.242 e. The smallest absolute Gasteiger partial charge is 0.242 e. The lowest BCUT2D eigenvalue weighted by Crippen LogP contribution is -2.53. The van der Waals surface area contributed by atoms with Crippen LogP contribution in [-0.2, 0) is 9.59 Å². The number of piperazine rings is 1. The lowest BCUT2D eigenvalue weighted by Gasteiger charge is -2.38. The number of nitrogens with zero attached hydrogens (tertiary/aromatic N) is 3. The number of anilines is 1. The summed E-state index contributed by atoms with van der Waals surface area (Å²) in [5.41, 5.74) is 0.978. The van der Waals surface area contributed by atoms with Gasteiger partial charge < -0.3 is 14.7 Å². The third-order valence-electron chi connectivity index (χ3n) is 5.55. The molecule has 1 aliphatic carbocycles. The predicted molar refractivity (Wildman–Crippen MR) is 99.5 cm³/mol. The van der Waals surface area contributed by atoms with E-state index in [1.807, 2.05) is 4.90 Å². The van der Waals surface area contributed by atoms with Crippen LogP contribution in [0.2, 0.25) is 0 Å². The van der Waals surface area contributed by atoms with Crippen molar-refractivity contribution >= 4 is 17.5 Å². The first kappa shape index (κ1) is 18.7. The van der Waals surface area contributed by atoms with Crippen LogP contribution in [0.1, 0.15) is 39.0 Å². The van der Waals surface area contributed by atoms with Crippen molar-refractivity contribution in [1.29, 1.82) is 0 Å². The largest absolute Gasteiger partial charge is 0.368 e. The summed E-state index contributed by atoms with van der Waals surface area (Å²) in [6, 6.07) is 6.68. The molecule has 0 spiro atoms. The van der Waals surface area contributed by atoms with Crippen molar-refractivity contribution in [3.05, 3.63) is 30.1 Å². The van der Waals surface area contributed by atoms with Gasteiger partial charge in [-0.1, -0.05) is 19.3 Å². The summed E-state index contributed by atoms with van der Waals surface area (Å²) >= 11 is 0. The maximum absolute atomic E-state index is 13.1. The monoisotopic (exact) mass is 361 g/mol. The first-order valence-corrected chi connectivity index (χ1v) is 9.60. The number of carbonyl (C=O) groups is 2. The van der Waals surface area contributed by atoms with Gasteiger partial charge in [-0.2, -0.15) is 0 Å². The van der Waals surface area contributed by atoms with Crippen LogP contribution in [0.15, 0.2) is 24.3 Å². The molecule has 1 saturated carbocycles. The van der Waals surface area contributed by atoms with Crippen LogP contribution in [-0.4, -0.2) is 60.4 Å². The minimum atomic E-state index is -0.241. The van der Waals surface area contributed by atoms with E-state index in [4.69, 9.17) is 0 Å². The molecule has 5 nitrogen and oxygen atoms in total. The zero-order chi connectivity index (χ0) is 18.5. The lowest BCUT2D eigenvalue weighted by molar-refractivity contribution is -0.142. The van der Waals surface area contributed by atoms with Gasteiger partial charge in [0.15, 0.2) is 0 Å². The third kappa shape index (κ3) is 4.54. The quantitative estimate of drug-likeness (QED) is 0.828. The van der Waals surface area contributed by atoms with E-state index in [2.05, 4.69) is 4.90 Å². The molecular formula is C20H28FN3O2. The molecule has 0 aromatic heterocycles. The first-order chi connectivity index (χ1) is 12.5. The van der Waals surface area contributed by atoms with Crippen LogP contribution in [0.5, 0.6) is 0 Å². The van der Waals surface area contributed by atoms with Crippen LogP contribution in [0, 0.1) is 5.82 Å². The van der Waals surface area contributed by atoms with E-state index in [0.29, 0.717) is 13.1 Å². The Labute approximate surface area is 154 Å². The second kappa shape index (κ2) is 8.52. The van der Waals surface area contributed by atoms with E-state index in [0.717, 1.165) is 44.5 Å². The maximum atomic E-state index is 13.1. The number of amides is 2. The minimum absolute atomic E-state index is 0.00445. The van der Waals surface area contributed by atoms with E-state index in [9.17, 15) is 14.0 Å². The van der Waals surface area contributed by atoms with E-state index in [-0.39, 0.29) is 30.2 Å². The standard InChI is InChI=1S/C20H28FN3O2/c1-16(25)24(19-5-3-2-4-6-19)15-20(26)23-13-11-22(12-14-23)18-9-7-17(21)8-10-18/h7-10,19H,2-6,11-15H2,1H3. The van der Waals surface area contributed by atoms with Crippen LogP contribution >= 0.6 is 0 Å². The minimum Gasteiger partial charge on any atom is -0.368 e. The molecule has 1 heterocycles. The Morgan fingerprint density at radius 2 is 1.65 bits per heavy atom. The molecule has 26 heavy (non-hydrogen) atoms. The highest BCUT2D eigenvalue weighted by Crippen LogP contribution is 2.23. The summed E-state index contributed by atoms with van der Waals surface area (Å²) in [7, 11) is 0. The summed E-state index contributed by atoms with van der Waals surface area (Å²) in [4.78, 5) is 30.5. The van der Waals surface area contributed by atoms with Crippen molar-refractivity contribution in [2.75, 3.05) is 37.6 Å². The van der Waals surface area contributed by atoms with Crippen LogP contribution < -0.4 is 4.90 Å². The van der Waals surface area contributed by atoms with Crippen LogP contribution in [0.3, 0.4) is 0 Å². The van der Waals surface area contributed by atoms with E-state index >= 15 is 0 Å². The van der Waals surface area contributed by atoms with Gasteiger partial charge in [-0.05, 0) is 37.1 Å². The van der Waals surface area contributed by atoms with Crippen molar-refractivity contribution < 1.29 is 14.0 Å². The van der Waals surface area contributed by atoms with Crippen LogP contribution in [0.25, 0.3) is 0 Å². The van der Waals surface area contributed by atoms with Gasteiger partial charge in [0.05, 0.1) is 6.54 Å². The van der Waals surface area contributed by atoms with E-state index in [1.165, 1.54) is 18.6 Å². The average molecular weight is 361 g/mol. The molecule has 0 N–H and O–H groups in total. The molecule has 0 radical (unpaired) electrons. The highest BCUT2D eigenvalue weighted by atomic mass is 19.1. The fourth-order valence-electron chi connectivity index (χ4n) is 4.00. The molecule has 1 aliphatic heterocycles. The van der Waals surface area contributed by atoms with Crippen molar-refractivity contribution in [3.8, 4) is 0 Å². The van der Waals surface area contributed by atoms with E-state index in [1.54, 1.807) is 24.0 Å². The normalized spacial score (nSPS) is 18.7. The number of rotatable bonds is 4. The fourth-order valence-corrected chi connectivity index (χ4v) is 4.00. The summed E-state index contributed by atoms with van der Waals surface area (Å²) in [5.74, 6) is -0.214. The van der Waals surface area contributed by atoms with Gasteiger partial charge in [-0.15, -0.1) is 0 Å². The van der Waals surface area contributed by atoms with Crippen molar-refractivity contribution in [2.45, 2.75) is 45.1 Å². The van der Waals surface area contributed by atoms with Crippen LogP contribution in [0.4, 0.5) is 10.1 Å². The van der Waals surface area contributed by atoms with Gasteiger partial charge in [0.1, 0.15) is 5.82 Å². The Morgan fingerprint density at radius 1 is 1.04 bits per heavy atom. The highest BCUT2D eigenvalue weighted by molar-refractivity contribution is 5.84. The number of halogens is 1. The van der Waals surface area contributed by atoms with Gasteiger partial charge in [0.2, 0.25) is 11.8 Å². The molecule has 1 saturated heterocycles. The Balaban J connectivity index is 1.53. The molecule has 2 fully saturated rings. The zero-order valence-corrected chi connectivity index (χ0v) is 15.5. The molecule has 142 valence electrons. The van der Waals surface area contributed by atoms with E-state index < -0.39 is 0 Å². The topological polar surface area (TPSA) is 43.9 Å². The summed E-state index contributed by atoms with van der Waals surface area (Å²) in [5, 5.41) is 0. The number of benzene rings is 1. The summed E-state index contributed by atoms with van der Waals surface area (Å²) in [6.45, 7) is 4.46. The number of hydrogen-bond donors (Lipinski definition) is 0. The average Bonchev–Trinajstić information content (AvgIpc) is 2.67. The molecule has 6 heteroatoms. The molecule has 0 unspecified atom stereocenters. The molecular weight excluding hydrogens is 333 g/mol. The highest BCUT2D eigenvalue weighted by Gasteiger charge is 2.28. The molecule has 0 bridgehead atoms. The summed E-state index contributed by atoms with van der Waals surface area (Å²) < 4.78 is 13.1. The lowest BCUT2D eigenvalue weighted by atomic mass is 9.94. The molecule has 2 aliphatic rings. The van der Waals surface area contributed by atoms with Gasteiger partial charge >= 0.3 is 0 Å². The van der Waals surface area contributed by atoms with Gasteiger partial charge in [0.25, 0.3) is 0 Å². The van der Waals surface area contributed by atoms with Crippen molar-refractivity contribution in [2.24, 2.45) is 0 Å². The second-order valence-corrected chi connectivity index (χ2v) is 7.28. The Hall–Kier alpha value is -2.11. The third-order valence-corrected chi connectivity index (χ3v) is 5.55. The van der Waals surface area contributed by atoms with Gasteiger partial charge in [-0.3, -0.25) is 9.59 Å². The number of carbonyl (C=O) groups excluding carboxylic acids is 2. The summed E-state index contributed by atoms with van der Waals surface area (Å²) in [6.07, 6.45) is 5.51. The fraction of sp³-hybridized carbons (Fsp3) is 0.600. The number of hydrogen-bond acceptors (Lipinski definition) is 3. The Morgan fingerprint density at radius 3 is 2.23 bits per heavy atom. The molecule has 3 rings (SSSR count). The SMILES string of the molecule is CC(=O)N(CC(=O)N1CCN(c2ccc(F)cc2)CC1)C1CCCCC1. The first-order valence-electron chi connectivity index (χ1n) is 9.60.